The van der Waals surface area contributed by atoms with Crippen molar-refractivity contribution in [1.29, 1.82) is 0 Å². The number of hydrogen-bond donors (Lipinski definition) is 1. The first-order valence-corrected chi connectivity index (χ1v) is 8.11. The van der Waals surface area contributed by atoms with Crippen molar-refractivity contribution in [1.82, 2.24) is 4.90 Å². The van der Waals surface area contributed by atoms with Crippen molar-refractivity contribution < 1.29 is 4.39 Å². The SMILES string of the molecule is CCC(CC)N(Cc1cc(F)cc(C(N)=S)c1)CC(C)C. The zero-order chi connectivity index (χ0) is 16.0. The highest BCUT2D eigenvalue weighted by Gasteiger charge is 2.17. The molecule has 0 fully saturated rings. The first-order chi connectivity index (χ1) is 9.87. The molecule has 0 aliphatic heterocycles. The molecule has 0 atom stereocenters. The van der Waals surface area contributed by atoms with Crippen LogP contribution in [0.4, 0.5) is 4.39 Å². The van der Waals surface area contributed by atoms with E-state index in [1.54, 1.807) is 6.07 Å². The zero-order valence-corrected chi connectivity index (χ0v) is 14.3. The standard InChI is InChI=1S/C17H27FN2S/c1-5-16(6-2)20(10-12(3)4)11-13-7-14(17(19)21)9-15(18)8-13/h7-9,12,16H,5-6,10-11H2,1-4H3,(H2,19,21). The summed E-state index contributed by atoms with van der Waals surface area (Å²) in [6, 6.07) is 5.40. The number of halogens is 1. The molecule has 1 rings (SSSR count). The van der Waals surface area contributed by atoms with E-state index in [-0.39, 0.29) is 10.8 Å². The molecule has 4 heteroatoms. The summed E-state index contributed by atoms with van der Waals surface area (Å²) >= 11 is 4.96. The van der Waals surface area contributed by atoms with Gasteiger partial charge in [-0.05, 0) is 42.5 Å². The quantitative estimate of drug-likeness (QED) is 0.733. The van der Waals surface area contributed by atoms with Crippen LogP contribution in [0.15, 0.2) is 18.2 Å². The minimum Gasteiger partial charge on any atom is -0.389 e. The Labute approximate surface area is 133 Å². The smallest absolute Gasteiger partial charge is 0.124 e. The fourth-order valence-electron chi connectivity index (χ4n) is 2.74. The molecule has 2 N–H and O–H groups in total. The number of thiocarbonyl (C=S) groups is 1. The highest BCUT2D eigenvalue weighted by molar-refractivity contribution is 7.80. The van der Waals surface area contributed by atoms with Gasteiger partial charge < -0.3 is 5.73 Å². The summed E-state index contributed by atoms with van der Waals surface area (Å²) in [4.78, 5) is 2.68. The van der Waals surface area contributed by atoms with Gasteiger partial charge in [-0.3, -0.25) is 4.90 Å². The van der Waals surface area contributed by atoms with Gasteiger partial charge in [-0.1, -0.05) is 39.9 Å². The second-order valence-electron chi connectivity index (χ2n) is 6.01. The van der Waals surface area contributed by atoms with Gasteiger partial charge in [0.1, 0.15) is 10.8 Å². The van der Waals surface area contributed by atoms with E-state index < -0.39 is 0 Å². The Hall–Kier alpha value is -1.00. The van der Waals surface area contributed by atoms with Crippen LogP contribution < -0.4 is 5.73 Å². The molecule has 0 radical (unpaired) electrons. The van der Waals surface area contributed by atoms with Gasteiger partial charge in [0.2, 0.25) is 0 Å². The fourth-order valence-corrected chi connectivity index (χ4v) is 2.85. The Balaban J connectivity index is 2.99. The zero-order valence-electron chi connectivity index (χ0n) is 13.5. The average molecular weight is 310 g/mol. The molecular formula is C17H27FN2S. The average Bonchev–Trinajstić information content (AvgIpc) is 2.38. The van der Waals surface area contributed by atoms with Crippen LogP contribution in [0, 0.1) is 11.7 Å². The van der Waals surface area contributed by atoms with E-state index in [9.17, 15) is 4.39 Å². The fraction of sp³-hybridized carbons (Fsp3) is 0.588. The molecule has 0 aromatic heterocycles. The van der Waals surface area contributed by atoms with E-state index in [4.69, 9.17) is 18.0 Å². The first kappa shape index (κ1) is 18.1. The molecule has 0 unspecified atom stereocenters. The molecule has 0 heterocycles. The van der Waals surface area contributed by atoms with Crippen LogP contribution in [-0.2, 0) is 6.54 Å². The van der Waals surface area contributed by atoms with E-state index in [1.807, 2.05) is 6.07 Å². The minimum atomic E-state index is -0.274. The molecule has 0 saturated heterocycles. The van der Waals surface area contributed by atoms with Gasteiger partial charge in [-0.15, -0.1) is 0 Å². The molecule has 21 heavy (non-hydrogen) atoms. The van der Waals surface area contributed by atoms with E-state index in [1.165, 1.54) is 6.07 Å². The summed E-state index contributed by atoms with van der Waals surface area (Å²) in [5, 5.41) is 0. The molecule has 0 aliphatic rings. The van der Waals surface area contributed by atoms with E-state index in [0.717, 1.165) is 31.5 Å². The predicted octanol–water partition coefficient (Wildman–Crippen LogP) is 4.11. The molecule has 0 aliphatic carbocycles. The van der Waals surface area contributed by atoms with Crippen LogP contribution in [0.5, 0.6) is 0 Å². The number of hydrogen-bond acceptors (Lipinski definition) is 2. The summed E-state index contributed by atoms with van der Waals surface area (Å²) in [5.41, 5.74) is 7.17. The Morgan fingerprint density at radius 2 is 1.86 bits per heavy atom. The van der Waals surface area contributed by atoms with Crippen LogP contribution >= 0.6 is 12.2 Å². The number of benzene rings is 1. The maximum absolute atomic E-state index is 13.7. The summed E-state index contributed by atoms with van der Waals surface area (Å²) in [7, 11) is 0. The summed E-state index contributed by atoms with van der Waals surface area (Å²) in [6.45, 7) is 10.6. The van der Waals surface area contributed by atoms with Crippen LogP contribution in [-0.4, -0.2) is 22.5 Å². The summed E-state index contributed by atoms with van der Waals surface area (Å²) in [5.74, 6) is 0.304. The lowest BCUT2D eigenvalue weighted by Gasteiger charge is -2.32. The second kappa shape index (κ2) is 8.44. The van der Waals surface area contributed by atoms with Gasteiger partial charge in [-0.25, -0.2) is 4.39 Å². The van der Waals surface area contributed by atoms with Crippen LogP contribution in [0.2, 0.25) is 0 Å². The number of nitrogens with two attached hydrogens (primary N) is 1. The highest BCUT2D eigenvalue weighted by Crippen LogP contribution is 2.18. The third-order valence-electron chi connectivity index (χ3n) is 3.69. The van der Waals surface area contributed by atoms with Crippen molar-refractivity contribution in [3.63, 3.8) is 0 Å². The molecule has 0 bridgehead atoms. The van der Waals surface area contributed by atoms with Crippen molar-refractivity contribution in [2.75, 3.05) is 6.54 Å². The number of nitrogens with zero attached hydrogens (tertiary/aromatic N) is 1. The van der Waals surface area contributed by atoms with Gasteiger partial charge in [0.25, 0.3) is 0 Å². The molecule has 0 amide bonds. The van der Waals surface area contributed by atoms with Crippen molar-refractivity contribution in [2.45, 2.75) is 53.1 Å². The lowest BCUT2D eigenvalue weighted by atomic mass is 10.0. The van der Waals surface area contributed by atoms with Gasteiger partial charge >= 0.3 is 0 Å². The molecule has 1 aromatic rings. The maximum Gasteiger partial charge on any atom is 0.124 e. The van der Waals surface area contributed by atoms with Crippen molar-refractivity contribution in [2.24, 2.45) is 11.7 Å². The minimum absolute atomic E-state index is 0.244. The topological polar surface area (TPSA) is 29.3 Å². The van der Waals surface area contributed by atoms with Gasteiger partial charge in [-0.2, -0.15) is 0 Å². The Kier molecular flexibility index (Phi) is 7.26. The summed E-state index contributed by atoms with van der Waals surface area (Å²) in [6.07, 6.45) is 2.20. The monoisotopic (exact) mass is 310 g/mol. The molecule has 0 saturated carbocycles. The number of rotatable bonds is 8. The van der Waals surface area contributed by atoms with Crippen LogP contribution in [0.25, 0.3) is 0 Å². The lowest BCUT2D eigenvalue weighted by Crippen LogP contribution is -2.36. The summed E-state index contributed by atoms with van der Waals surface area (Å²) < 4.78 is 13.7. The van der Waals surface area contributed by atoms with Crippen molar-refractivity contribution in [3.8, 4) is 0 Å². The molecule has 0 spiro atoms. The van der Waals surface area contributed by atoms with Gasteiger partial charge in [0.05, 0.1) is 0 Å². The van der Waals surface area contributed by atoms with E-state index in [0.29, 0.717) is 17.5 Å². The lowest BCUT2D eigenvalue weighted by molar-refractivity contribution is 0.157. The molecule has 1 aromatic carbocycles. The highest BCUT2D eigenvalue weighted by atomic mass is 32.1. The third-order valence-corrected chi connectivity index (χ3v) is 3.92. The van der Waals surface area contributed by atoms with Crippen LogP contribution in [0.1, 0.15) is 51.7 Å². The normalized spacial score (nSPS) is 11.6. The Morgan fingerprint density at radius 3 is 2.33 bits per heavy atom. The second-order valence-corrected chi connectivity index (χ2v) is 6.45. The van der Waals surface area contributed by atoms with Gasteiger partial charge in [0, 0.05) is 24.7 Å². The Morgan fingerprint density at radius 1 is 1.24 bits per heavy atom. The van der Waals surface area contributed by atoms with E-state index in [2.05, 4.69) is 32.6 Å². The molecule has 118 valence electrons. The van der Waals surface area contributed by atoms with Crippen molar-refractivity contribution in [3.05, 3.63) is 35.1 Å². The third kappa shape index (κ3) is 5.71. The maximum atomic E-state index is 13.7. The Bertz CT molecular complexity index is 470. The first-order valence-electron chi connectivity index (χ1n) is 7.70. The molecule has 2 nitrogen and oxygen atoms in total. The van der Waals surface area contributed by atoms with E-state index >= 15 is 0 Å². The molecular weight excluding hydrogens is 283 g/mol. The van der Waals surface area contributed by atoms with Crippen LogP contribution in [0.3, 0.4) is 0 Å². The van der Waals surface area contributed by atoms with Crippen molar-refractivity contribution >= 4 is 17.2 Å². The predicted molar refractivity (Wildman–Crippen MR) is 91.9 cm³/mol. The van der Waals surface area contributed by atoms with Gasteiger partial charge in [0.15, 0.2) is 0 Å². The largest absolute Gasteiger partial charge is 0.389 e.